The molecule has 0 spiro atoms. The van der Waals surface area contributed by atoms with E-state index in [0.29, 0.717) is 16.1 Å². The third-order valence-corrected chi connectivity index (χ3v) is 4.54. The largest absolute Gasteiger partial charge is 0.345 e. The van der Waals surface area contributed by atoms with E-state index in [1.807, 2.05) is 25.1 Å². The van der Waals surface area contributed by atoms with Crippen LogP contribution in [-0.2, 0) is 15.6 Å². The average Bonchev–Trinajstić information content (AvgIpc) is 2.46. The number of hydrogen-bond donors (Lipinski definition) is 1. The summed E-state index contributed by atoms with van der Waals surface area (Å²) >= 11 is 6.13. The van der Waals surface area contributed by atoms with Gasteiger partial charge >= 0.3 is 0 Å². The molecule has 0 fully saturated rings. The van der Waals surface area contributed by atoms with Gasteiger partial charge in [-0.15, -0.1) is 0 Å². The van der Waals surface area contributed by atoms with Crippen LogP contribution in [0, 0.1) is 0 Å². The Morgan fingerprint density at radius 1 is 1.17 bits per heavy atom. The predicted octanol–water partition coefficient (Wildman–Crippen LogP) is 3.38. The maximum atomic E-state index is 12.4. The number of rotatable bonds is 5. The van der Waals surface area contributed by atoms with Crippen LogP contribution in [0.1, 0.15) is 34.5 Å². The number of benzene rings is 2. The molecule has 6 heteroatoms. The lowest BCUT2D eigenvalue weighted by atomic mass is 10.1. The SMILES string of the molecule is CC(NC(=O)c1cccc(CS(C)(=O)=O)c1)c1ccccc1Cl. The number of nitrogens with one attached hydrogen (secondary N) is 1. The summed E-state index contributed by atoms with van der Waals surface area (Å²) in [7, 11) is -3.14. The van der Waals surface area contributed by atoms with Crippen molar-refractivity contribution in [2.45, 2.75) is 18.7 Å². The Hall–Kier alpha value is -1.85. The molecule has 1 amide bonds. The van der Waals surface area contributed by atoms with Gasteiger partial charge in [-0.1, -0.05) is 41.9 Å². The zero-order valence-electron chi connectivity index (χ0n) is 12.9. The van der Waals surface area contributed by atoms with Gasteiger partial charge in [0.25, 0.3) is 5.91 Å². The maximum Gasteiger partial charge on any atom is 0.251 e. The highest BCUT2D eigenvalue weighted by Gasteiger charge is 2.14. The minimum atomic E-state index is -3.14. The summed E-state index contributed by atoms with van der Waals surface area (Å²) in [6.07, 6.45) is 1.17. The van der Waals surface area contributed by atoms with E-state index in [-0.39, 0.29) is 17.7 Å². The fourth-order valence-corrected chi connectivity index (χ4v) is 3.37. The van der Waals surface area contributed by atoms with Crippen molar-refractivity contribution in [3.8, 4) is 0 Å². The molecular weight excluding hydrogens is 334 g/mol. The second kappa shape index (κ2) is 7.15. The first kappa shape index (κ1) is 17.5. The molecule has 1 unspecified atom stereocenters. The lowest BCUT2D eigenvalue weighted by molar-refractivity contribution is 0.0940. The quantitative estimate of drug-likeness (QED) is 0.898. The van der Waals surface area contributed by atoms with Crippen molar-refractivity contribution in [3.05, 3.63) is 70.2 Å². The van der Waals surface area contributed by atoms with Gasteiger partial charge in [0.1, 0.15) is 0 Å². The number of hydrogen-bond acceptors (Lipinski definition) is 3. The van der Waals surface area contributed by atoms with Gasteiger partial charge in [-0.3, -0.25) is 4.79 Å². The summed E-state index contributed by atoms with van der Waals surface area (Å²) in [6.45, 7) is 1.85. The van der Waals surface area contributed by atoms with E-state index in [4.69, 9.17) is 11.6 Å². The van der Waals surface area contributed by atoms with Crippen LogP contribution in [0.3, 0.4) is 0 Å². The lowest BCUT2D eigenvalue weighted by Crippen LogP contribution is -2.26. The zero-order chi connectivity index (χ0) is 17.0. The van der Waals surface area contributed by atoms with Crippen LogP contribution < -0.4 is 5.32 Å². The first-order valence-corrected chi connectivity index (χ1v) is 9.52. The van der Waals surface area contributed by atoms with Crippen LogP contribution in [0.2, 0.25) is 5.02 Å². The van der Waals surface area contributed by atoms with Gasteiger partial charge in [0.05, 0.1) is 11.8 Å². The number of sulfone groups is 1. The number of carbonyl (C=O) groups is 1. The second-order valence-electron chi connectivity index (χ2n) is 5.49. The topological polar surface area (TPSA) is 63.2 Å². The van der Waals surface area contributed by atoms with Gasteiger partial charge in [0, 0.05) is 16.8 Å². The second-order valence-corrected chi connectivity index (χ2v) is 8.03. The highest BCUT2D eigenvalue weighted by atomic mass is 35.5. The molecule has 0 radical (unpaired) electrons. The number of amides is 1. The third kappa shape index (κ3) is 5.08. The molecule has 1 atom stereocenters. The van der Waals surface area contributed by atoms with E-state index in [0.717, 1.165) is 5.56 Å². The Morgan fingerprint density at radius 2 is 1.87 bits per heavy atom. The van der Waals surface area contributed by atoms with Crippen LogP contribution >= 0.6 is 11.6 Å². The van der Waals surface area contributed by atoms with Crippen molar-refractivity contribution in [2.75, 3.05) is 6.26 Å². The van der Waals surface area contributed by atoms with Gasteiger partial charge in [0.15, 0.2) is 9.84 Å². The summed E-state index contributed by atoms with van der Waals surface area (Å²) in [6, 6.07) is 13.7. The fourth-order valence-electron chi connectivity index (χ4n) is 2.29. The number of halogens is 1. The minimum absolute atomic E-state index is 0.0891. The first-order valence-electron chi connectivity index (χ1n) is 7.08. The summed E-state index contributed by atoms with van der Waals surface area (Å²) in [4.78, 5) is 12.4. The molecule has 0 aliphatic carbocycles. The molecule has 0 saturated carbocycles. The molecule has 0 aliphatic heterocycles. The zero-order valence-corrected chi connectivity index (χ0v) is 14.5. The Balaban J connectivity index is 2.15. The Labute approximate surface area is 141 Å². The van der Waals surface area contributed by atoms with Crippen molar-refractivity contribution in [2.24, 2.45) is 0 Å². The van der Waals surface area contributed by atoms with Crippen molar-refractivity contribution >= 4 is 27.3 Å². The predicted molar refractivity (Wildman–Crippen MR) is 92.3 cm³/mol. The molecule has 0 bridgehead atoms. The number of carbonyl (C=O) groups excluding carboxylic acids is 1. The van der Waals surface area contributed by atoms with Crippen LogP contribution in [-0.4, -0.2) is 20.6 Å². The Morgan fingerprint density at radius 3 is 2.52 bits per heavy atom. The van der Waals surface area contributed by atoms with Crippen molar-refractivity contribution in [3.63, 3.8) is 0 Å². The van der Waals surface area contributed by atoms with E-state index in [2.05, 4.69) is 5.32 Å². The summed E-state index contributed by atoms with van der Waals surface area (Å²) < 4.78 is 22.7. The standard InChI is InChI=1S/C17H18ClNO3S/c1-12(15-8-3-4-9-16(15)18)19-17(20)14-7-5-6-13(10-14)11-23(2,21)22/h3-10,12H,11H2,1-2H3,(H,19,20). The van der Waals surface area contributed by atoms with Gasteiger partial charge in [-0.2, -0.15) is 0 Å². The Kier molecular flexibility index (Phi) is 5.44. The Bertz CT molecular complexity index is 818. The lowest BCUT2D eigenvalue weighted by Gasteiger charge is -2.16. The monoisotopic (exact) mass is 351 g/mol. The third-order valence-electron chi connectivity index (χ3n) is 3.34. The smallest absolute Gasteiger partial charge is 0.251 e. The summed E-state index contributed by atoms with van der Waals surface area (Å²) in [5, 5.41) is 3.46. The van der Waals surface area contributed by atoms with E-state index in [1.165, 1.54) is 6.26 Å². The van der Waals surface area contributed by atoms with Crippen LogP contribution in [0.15, 0.2) is 48.5 Å². The maximum absolute atomic E-state index is 12.4. The molecule has 122 valence electrons. The van der Waals surface area contributed by atoms with Gasteiger partial charge in [-0.05, 0) is 36.2 Å². The minimum Gasteiger partial charge on any atom is -0.345 e. The van der Waals surface area contributed by atoms with Gasteiger partial charge < -0.3 is 5.32 Å². The van der Waals surface area contributed by atoms with Crippen LogP contribution in [0.4, 0.5) is 0 Å². The highest BCUT2D eigenvalue weighted by molar-refractivity contribution is 7.89. The molecule has 2 aromatic carbocycles. The van der Waals surface area contributed by atoms with Crippen LogP contribution in [0.25, 0.3) is 0 Å². The van der Waals surface area contributed by atoms with Crippen LogP contribution in [0.5, 0.6) is 0 Å². The summed E-state index contributed by atoms with van der Waals surface area (Å²) in [5.74, 6) is -0.360. The van der Waals surface area contributed by atoms with Crippen molar-refractivity contribution in [1.82, 2.24) is 5.32 Å². The molecule has 23 heavy (non-hydrogen) atoms. The molecule has 2 rings (SSSR count). The van der Waals surface area contributed by atoms with Crippen molar-refractivity contribution in [1.29, 1.82) is 0 Å². The first-order chi connectivity index (χ1) is 10.8. The molecule has 2 aromatic rings. The molecule has 0 saturated heterocycles. The fraction of sp³-hybridized carbons (Fsp3) is 0.235. The van der Waals surface area contributed by atoms with Gasteiger partial charge in [-0.25, -0.2) is 8.42 Å². The molecule has 0 aromatic heterocycles. The molecule has 0 aliphatic rings. The molecule has 4 nitrogen and oxygen atoms in total. The van der Waals surface area contributed by atoms with E-state index in [9.17, 15) is 13.2 Å². The molecular formula is C17H18ClNO3S. The van der Waals surface area contributed by atoms with E-state index >= 15 is 0 Å². The summed E-state index contributed by atoms with van der Waals surface area (Å²) in [5.41, 5.74) is 1.84. The molecule has 0 heterocycles. The highest BCUT2D eigenvalue weighted by Crippen LogP contribution is 2.22. The molecule has 1 N–H and O–H groups in total. The van der Waals surface area contributed by atoms with E-state index in [1.54, 1.807) is 30.3 Å². The normalized spacial score (nSPS) is 12.7. The van der Waals surface area contributed by atoms with Crippen molar-refractivity contribution < 1.29 is 13.2 Å². The average molecular weight is 352 g/mol. The van der Waals surface area contributed by atoms with E-state index < -0.39 is 9.84 Å². The van der Waals surface area contributed by atoms with Gasteiger partial charge in [0.2, 0.25) is 0 Å².